The van der Waals surface area contributed by atoms with Crippen molar-refractivity contribution in [1.29, 1.82) is 0 Å². The van der Waals surface area contributed by atoms with Crippen molar-refractivity contribution in [1.82, 2.24) is 20.1 Å². The number of nitrogens with zero attached hydrogens (tertiary/aromatic N) is 3. The van der Waals surface area contributed by atoms with E-state index in [0.29, 0.717) is 34.5 Å². The normalized spacial score (nSPS) is 26.0. The SMILES string of the molecule is Cn1ccc2cc(-c3ccc(O[C@@H]4CC5CCC(N5)[C@@H]4F)nn3)c(O)cc2c1=O. The van der Waals surface area contributed by atoms with E-state index in [-0.39, 0.29) is 23.2 Å². The molecule has 2 aliphatic heterocycles. The molecule has 4 atom stereocenters. The summed E-state index contributed by atoms with van der Waals surface area (Å²) in [6, 6.07) is 8.41. The number of piperidine rings is 1. The van der Waals surface area contributed by atoms with E-state index in [1.807, 2.05) is 0 Å². The maximum Gasteiger partial charge on any atom is 0.258 e. The van der Waals surface area contributed by atoms with Gasteiger partial charge in [-0.2, -0.15) is 0 Å². The number of nitrogens with one attached hydrogen (secondary N) is 1. The zero-order valence-electron chi connectivity index (χ0n) is 15.9. The summed E-state index contributed by atoms with van der Waals surface area (Å²) in [6.45, 7) is 0. The highest BCUT2D eigenvalue weighted by molar-refractivity contribution is 5.89. The molecule has 150 valence electrons. The first kappa shape index (κ1) is 18.1. The Morgan fingerprint density at radius 1 is 1.24 bits per heavy atom. The van der Waals surface area contributed by atoms with Crippen molar-refractivity contribution in [3.05, 3.63) is 46.9 Å². The third kappa shape index (κ3) is 3.13. The van der Waals surface area contributed by atoms with E-state index in [1.165, 1.54) is 10.6 Å². The van der Waals surface area contributed by atoms with Crippen LogP contribution in [0.3, 0.4) is 0 Å². The van der Waals surface area contributed by atoms with Crippen LogP contribution in [0.2, 0.25) is 0 Å². The van der Waals surface area contributed by atoms with Crippen molar-refractivity contribution >= 4 is 10.8 Å². The van der Waals surface area contributed by atoms with Crippen molar-refractivity contribution in [2.75, 3.05) is 0 Å². The molecule has 3 aromatic rings. The molecule has 0 spiro atoms. The summed E-state index contributed by atoms with van der Waals surface area (Å²) in [7, 11) is 1.66. The van der Waals surface area contributed by atoms with E-state index in [1.54, 1.807) is 37.5 Å². The van der Waals surface area contributed by atoms with Crippen molar-refractivity contribution in [3.63, 3.8) is 0 Å². The number of aromatic nitrogens is 3. The summed E-state index contributed by atoms with van der Waals surface area (Å²) < 4.78 is 21.8. The summed E-state index contributed by atoms with van der Waals surface area (Å²) >= 11 is 0. The van der Waals surface area contributed by atoms with Crippen molar-refractivity contribution in [2.24, 2.45) is 7.05 Å². The van der Waals surface area contributed by atoms with E-state index in [2.05, 4.69) is 15.5 Å². The highest BCUT2D eigenvalue weighted by Gasteiger charge is 2.43. The Labute approximate surface area is 166 Å². The second kappa shape index (κ2) is 6.81. The third-order valence-corrected chi connectivity index (χ3v) is 5.92. The van der Waals surface area contributed by atoms with Crippen LogP contribution < -0.4 is 15.6 Å². The Bertz CT molecular complexity index is 1130. The molecule has 29 heavy (non-hydrogen) atoms. The Kier molecular flexibility index (Phi) is 4.24. The number of fused-ring (bicyclic) bond motifs is 3. The van der Waals surface area contributed by atoms with Gasteiger partial charge in [-0.05, 0) is 42.5 Å². The molecule has 2 N–H and O–H groups in total. The number of benzene rings is 1. The lowest BCUT2D eigenvalue weighted by Crippen LogP contribution is -2.51. The number of phenols is 1. The molecule has 2 aliphatic rings. The molecule has 2 aromatic heterocycles. The van der Waals surface area contributed by atoms with Crippen LogP contribution >= 0.6 is 0 Å². The van der Waals surface area contributed by atoms with Gasteiger partial charge in [0.2, 0.25) is 5.88 Å². The predicted molar refractivity (Wildman–Crippen MR) is 106 cm³/mol. The van der Waals surface area contributed by atoms with Crippen molar-refractivity contribution in [2.45, 2.75) is 43.6 Å². The fourth-order valence-electron chi connectivity index (χ4n) is 4.33. The van der Waals surface area contributed by atoms with Crippen LogP contribution in [0.5, 0.6) is 11.6 Å². The van der Waals surface area contributed by atoms with E-state index in [4.69, 9.17) is 4.74 Å². The number of pyridine rings is 1. The summed E-state index contributed by atoms with van der Waals surface area (Å²) in [5.74, 6) is 0.208. The Morgan fingerprint density at radius 3 is 2.90 bits per heavy atom. The van der Waals surface area contributed by atoms with Crippen LogP contribution in [0.4, 0.5) is 4.39 Å². The zero-order chi connectivity index (χ0) is 20.1. The Balaban J connectivity index is 1.41. The number of phenolic OH excluding ortho intramolecular Hbond substituents is 1. The molecular formula is C21H21FN4O3. The van der Waals surface area contributed by atoms with Crippen LogP contribution in [0.1, 0.15) is 19.3 Å². The number of hydrogen-bond acceptors (Lipinski definition) is 6. The average Bonchev–Trinajstić information content (AvgIpc) is 3.13. The smallest absolute Gasteiger partial charge is 0.258 e. The molecule has 8 heteroatoms. The number of halogens is 1. The van der Waals surface area contributed by atoms with Crippen LogP contribution in [0.15, 0.2) is 41.3 Å². The molecule has 4 heterocycles. The monoisotopic (exact) mass is 396 g/mol. The van der Waals surface area contributed by atoms with E-state index in [0.717, 1.165) is 12.8 Å². The molecule has 0 aliphatic carbocycles. The van der Waals surface area contributed by atoms with Crippen molar-refractivity contribution < 1.29 is 14.2 Å². The molecule has 2 saturated heterocycles. The fraction of sp³-hybridized carbons (Fsp3) is 0.381. The molecular weight excluding hydrogens is 375 g/mol. The first-order valence-corrected chi connectivity index (χ1v) is 9.73. The lowest BCUT2D eigenvalue weighted by Gasteiger charge is -2.32. The number of aryl methyl sites for hydroxylation is 1. The zero-order valence-corrected chi connectivity index (χ0v) is 15.9. The van der Waals surface area contributed by atoms with E-state index in [9.17, 15) is 14.3 Å². The van der Waals surface area contributed by atoms with Crippen LogP contribution in [0, 0.1) is 0 Å². The van der Waals surface area contributed by atoms with Crippen molar-refractivity contribution in [3.8, 4) is 22.9 Å². The lowest BCUT2D eigenvalue weighted by molar-refractivity contribution is 0.0422. The van der Waals surface area contributed by atoms with Gasteiger partial charge in [0.15, 0.2) is 6.17 Å². The number of aromatic hydroxyl groups is 1. The third-order valence-electron chi connectivity index (χ3n) is 5.92. The standard InChI is InChI=1S/C21H21FN4O3/c1-26-7-6-11-8-14(17(27)10-13(11)21(26)28)15-4-5-19(25-24-15)29-18-9-12-2-3-16(23-12)20(18)22/h4-8,10,12,16,18,20,23,27H,2-3,9H2,1H3/t12?,16?,18-,20+/m1/s1. The largest absolute Gasteiger partial charge is 0.507 e. The Hall–Kier alpha value is -3.00. The summed E-state index contributed by atoms with van der Waals surface area (Å²) in [4.78, 5) is 12.2. The number of alkyl halides is 1. The van der Waals surface area contributed by atoms with Gasteiger partial charge >= 0.3 is 0 Å². The highest BCUT2D eigenvalue weighted by atomic mass is 19.1. The van der Waals surface area contributed by atoms with Gasteiger partial charge in [0.25, 0.3) is 5.56 Å². The quantitative estimate of drug-likeness (QED) is 0.706. The Morgan fingerprint density at radius 2 is 2.10 bits per heavy atom. The molecule has 2 fully saturated rings. The van der Waals surface area contributed by atoms with Gasteiger partial charge in [-0.3, -0.25) is 4.79 Å². The second-order valence-electron chi connectivity index (χ2n) is 7.83. The van der Waals surface area contributed by atoms with E-state index < -0.39 is 12.3 Å². The average molecular weight is 396 g/mol. The molecule has 5 rings (SSSR count). The van der Waals surface area contributed by atoms with Crippen LogP contribution in [0.25, 0.3) is 22.0 Å². The number of hydrogen-bond donors (Lipinski definition) is 2. The van der Waals surface area contributed by atoms with Gasteiger partial charge in [0.05, 0.1) is 11.1 Å². The van der Waals surface area contributed by atoms with Crippen LogP contribution in [-0.2, 0) is 7.05 Å². The lowest BCUT2D eigenvalue weighted by atomic mass is 10.0. The maximum absolute atomic E-state index is 14.5. The highest BCUT2D eigenvalue weighted by Crippen LogP contribution is 2.33. The molecule has 0 radical (unpaired) electrons. The first-order chi connectivity index (χ1) is 14.0. The van der Waals surface area contributed by atoms with Gasteiger partial charge in [-0.1, -0.05) is 0 Å². The summed E-state index contributed by atoms with van der Waals surface area (Å²) in [5.41, 5.74) is 0.726. The van der Waals surface area contributed by atoms with Gasteiger partial charge in [0.1, 0.15) is 11.9 Å². The van der Waals surface area contributed by atoms with E-state index >= 15 is 0 Å². The summed E-state index contributed by atoms with van der Waals surface area (Å²) in [5, 5.41) is 23.0. The fourth-order valence-corrected chi connectivity index (χ4v) is 4.33. The molecule has 0 saturated carbocycles. The molecule has 2 unspecified atom stereocenters. The topological polar surface area (TPSA) is 89.3 Å². The van der Waals surface area contributed by atoms with Gasteiger partial charge in [-0.25, -0.2) is 4.39 Å². The minimum Gasteiger partial charge on any atom is -0.507 e. The summed E-state index contributed by atoms with van der Waals surface area (Å²) in [6.07, 6.45) is 2.50. The first-order valence-electron chi connectivity index (χ1n) is 9.73. The second-order valence-corrected chi connectivity index (χ2v) is 7.83. The van der Waals surface area contributed by atoms with Gasteiger partial charge in [-0.15, -0.1) is 10.2 Å². The van der Waals surface area contributed by atoms with Gasteiger partial charge in [0, 0.05) is 43.4 Å². The maximum atomic E-state index is 14.5. The molecule has 0 amide bonds. The molecule has 1 aromatic carbocycles. The number of rotatable bonds is 3. The van der Waals surface area contributed by atoms with Crippen LogP contribution in [-0.4, -0.2) is 44.2 Å². The minimum atomic E-state index is -1.07. The molecule has 7 nitrogen and oxygen atoms in total. The molecule has 2 bridgehead atoms. The minimum absolute atomic E-state index is 0.0532. The number of ether oxygens (including phenoxy) is 1. The predicted octanol–water partition coefficient (Wildman–Crippen LogP) is 2.31. The van der Waals surface area contributed by atoms with Gasteiger partial charge < -0.3 is 19.7 Å².